The Morgan fingerprint density at radius 2 is 1.78 bits per heavy atom. The molecule has 2 aliphatic heterocycles. The number of benzene rings is 2. The first kappa shape index (κ1) is 24.2. The van der Waals surface area contributed by atoms with Gasteiger partial charge in [0, 0.05) is 43.6 Å². The van der Waals surface area contributed by atoms with Crippen molar-refractivity contribution in [2.75, 3.05) is 19.6 Å². The molecule has 1 atom stereocenters. The van der Waals surface area contributed by atoms with Crippen molar-refractivity contribution >= 4 is 11.8 Å². The number of amides is 2. The molecule has 1 aromatic heterocycles. The maximum absolute atomic E-state index is 14.0. The molecule has 0 bridgehead atoms. The average molecular weight is 489 g/mol. The first-order valence-corrected chi connectivity index (χ1v) is 13.0. The minimum Gasteiger partial charge on any atom is -0.342 e. The summed E-state index contributed by atoms with van der Waals surface area (Å²) in [7, 11) is 0. The number of hydrogen-bond donors (Lipinski definition) is 0. The van der Waals surface area contributed by atoms with Gasteiger partial charge in [-0.2, -0.15) is 5.10 Å². The molecule has 0 unspecified atom stereocenters. The van der Waals surface area contributed by atoms with Crippen molar-refractivity contribution in [2.24, 2.45) is 5.92 Å². The van der Waals surface area contributed by atoms with Crippen molar-refractivity contribution in [2.45, 2.75) is 51.1 Å². The summed E-state index contributed by atoms with van der Waals surface area (Å²) in [5.41, 5.74) is 2.23. The van der Waals surface area contributed by atoms with E-state index in [9.17, 15) is 14.0 Å². The maximum Gasteiger partial charge on any atom is 0.254 e. The van der Waals surface area contributed by atoms with Crippen LogP contribution in [0.25, 0.3) is 0 Å². The number of likely N-dealkylation sites (tertiary alicyclic amines) is 2. The molecule has 0 aliphatic carbocycles. The second kappa shape index (κ2) is 11.1. The summed E-state index contributed by atoms with van der Waals surface area (Å²) in [6, 6.07) is 16.4. The summed E-state index contributed by atoms with van der Waals surface area (Å²) < 4.78 is 15.8. The summed E-state index contributed by atoms with van der Waals surface area (Å²) in [6.45, 7) is 2.74. The molecule has 7 heteroatoms. The number of piperidine rings is 2. The molecular weight excluding hydrogens is 455 g/mol. The predicted molar refractivity (Wildman–Crippen MR) is 136 cm³/mol. The van der Waals surface area contributed by atoms with Crippen molar-refractivity contribution in [1.82, 2.24) is 19.6 Å². The van der Waals surface area contributed by atoms with Crippen LogP contribution in [0.5, 0.6) is 0 Å². The van der Waals surface area contributed by atoms with E-state index >= 15 is 0 Å². The first-order chi connectivity index (χ1) is 17.6. The minimum atomic E-state index is -0.328. The number of carbonyl (C=O) groups excluding carboxylic acids is 2. The van der Waals surface area contributed by atoms with Gasteiger partial charge in [-0.3, -0.25) is 14.3 Å². The van der Waals surface area contributed by atoms with E-state index in [-0.39, 0.29) is 30.1 Å². The molecule has 6 nitrogen and oxygen atoms in total. The lowest BCUT2D eigenvalue weighted by molar-refractivity contribution is -0.132. The van der Waals surface area contributed by atoms with Crippen LogP contribution >= 0.6 is 0 Å². The maximum atomic E-state index is 14.0. The standard InChI is InChI=1S/C29H33FN4O2/c30-26-10-2-1-8-24(26)20-28(35)32-17-12-23(13-18-32)27-11-3-4-16-34(27)29(36)25-9-5-7-22(19-25)21-33-15-6-14-31-33/h1-2,5-10,14-15,19,23,27H,3-4,11-13,16-18,20-21H2/t27-/m1/s1. The monoisotopic (exact) mass is 488 g/mol. The lowest BCUT2D eigenvalue weighted by Crippen LogP contribution is -2.51. The van der Waals surface area contributed by atoms with Gasteiger partial charge in [-0.05, 0) is 73.4 Å². The smallest absolute Gasteiger partial charge is 0.254 e. The van der Waals surface area contributed by atoms with E-state index in [1.165, 1.54) is 6.07 Å². The third kappa shape index (κ3) is 5.50. The van der Waals surface area contributed by atoms with Crippen LogP contribution in [0.1, 0.15) is 53.6 Å². The molecule has 2 aliphatic rings. The Hall–Kier alpha value is -3.48. The molecular formula is C29H33FN4O2. The van der Waals surface area contributed by atoms with Crippen molar-refractivity contribution in [3.05, 3.63) is 89.5 Å². The largest absolute Gasteiger partial charge is 0.342 e. The van der Waals surface area contributed by atoms with Gasteiger partial charge in [-0.25, -0.2) is 4.39 Å². The van der Waals surface area contributed by atoms with Crippen LogP contribution in [0.15, 0.2) is 67.0 Å². The first-order valence-electron chi connectivity index (χ1n) is 13.0. The molecule has 5 rings (SSSR count). The molecule has 36 heavy (non-hydrogen) atoms. The average Bonchev–Trinajstić information content (AvgIpc) is 3.43. The zero-order valence-corrected chi connectivity index (χ0v) is 20.6. The summed E-state index contributed by atoms with van der Waals surface area (Å²) in [6.07, 6.45) is 8.67. The molecule has 188 valence electrons. The third-order valence-electron chi connectivity index (χ3n) is 7.62. The van der Waals surface area contributed by atoms with Crippen molar-refractivity contribution in [1.29, 1.82) is 0 Å². The fourth-order valence-electron chi connectivity index (χ4n) is 5.70. The van der Waals surface area contributed by atoms with Gasteiger partial charge in [-0.1, -0.05) is 30.3 Å². The van der Waals surface area contributed by atoms with Crippen LogP contribution in [0.3, 0.4) is 0 Å². The van der Waals surface area contributed by atoms with E-state index in [0.29, 0.717) is 31.1 Å². The van der Waals surface area contributed by atoms with Gasteiger partial charge in [0.15, 0.2) is 0 Å². The van der Waals surface area contributed by atoms with Gasteiger partial charge in [0.25, 0.3) is 5.91 Å². The topological polar surface area (TPSA) is 58.4 Å². The lowest BCUT2D eigenvalue weighted by atomic mass is 9.83. The van der Waals surface area contributed by atoms with E-state index in [1.807, 2.05) is 46.1 Å². The highest BCUT2D eigenvalue weighted by atomic mass is 19.1. The Kier molecular flexibility index (Phi) is 7.44. The number of hydrogen-bond acceptors (Lipinski definition) is 3. The van der Waals surface area contributed by atoms with Gasteiger partial charge < -0.3 is 9.80 Å². The van der Waals surface area contributed by atoms with Crippen LogP contribution in [-0.2, 0) is 17.8 Å². The zero-order valence-electron chi connectivity index (χ0n) is 20.6. The molecule has 0 saturated carbocycles. The molecule has 3 heterocycles. The van der Waals surface area contributed by atoms with Gasteiger partial charge in [0.05, 0.1) is 13.0 Å². The van der Waals surface area contributed by atoms with E-state index in [4.69, 9.17) is 0 Å². The van der Waals surface area contributed by atoms with Crippen molar-refractivity contribution in [3.63, 3.8) is 0 Å². The molecule has 0 spiro atoms. The highest BCUT2D eigenvalue weighted by Gasteiger charge is 2.36. The van der Waals surface area contributed by atoms with Gasteiger partial charge >= 0.3 is 0 Å². The number of aromatic nitrogens is 2. The lowest BCUT2D eigenvalue weighted by Gasteiger charge is -2.44. The van der Waals surface area contributed by atoms with E-state index < -0.39 is 0 Å². The Morgan fingerprint density at radius 3 is 2.56 bits per heavy atom. The summed E-state index contributed by atoms with van der Waals surface area (Å²) in [4.78, 5) is 30.4. The van der Waals surface area contributed by atoms with E-state index in [1.54, 1.807) is 24.4 Å². The zero-order chi connectivity index (χ0) is 24.9. The van der Waals surface area contributed by atoms with E-state index in [2.05, 4.69) is 10.00 Å². The molecule has 2 fully saturated rings. The molecule has 3 aromatic rings. The highest BCUT2D eigenvalue weighted by molar-refractivity contribution is 5.94. The van der Waals surface area contributed by atoms with E-state index in [0.717, 1.165) is 49.8 Å². The van der Waals surface area contributed by atoms with Crippen molar-refractivity contribution in [3.8, 4) is 0 Å². The summed E-state index contributed by atoms with van der Waals surface area (Å²) in [5.74, 6) is 0.119. The third-order valence-corrected chi connectivity index (χ3v) is 7.62. The van der Waals surface area contributed by atoms with Gasteiger partial charge in [0.2, 0.25) is 5.91 Å². The summed E-state index contributed by atoms with van der Waals surface area (Å²) in [5, 5.41) is 4.27. The molecule has 2 saturated heterocycles. The fraction of sp³-hybridized carbons (Fsp3) is 0.414. The second-order valence-corrected chi connectivity index (χ2v) is 9.95. The Balaban J connectivity index is 1.22. The van der Waals surface area contributed by atoms with Crippen molar-refractivity contribution < 1.29 is 14.0 Å². The Bertz CT molecular complexity index is 1190. The molecule has 2 amide bonds. The van der Waals surface area contributed by atoms with Crippen LogP contribution in [-0.4, -0.2) is 57.1 Å². The second-order valence-electron chi connectivity index (χ2n) is 9.95. The van der Waals surface area contributed by atoms with Crippen LogP contribution in [0.2, 0.25) is 0 Å². The quantitative estimate of drug-likeness (QED) is 0.512. The SMILES string of the molecule is O=C(Cc1ccccc1F)N1CCC([C@H]2CCCCN2C(=O)c2cccc(Cn3cccn3)c2)CC1. The number of rotatable bonds is 6. The fourth-order valence-corrected chi connectivity index (χ4v) is 5.70. The molecule has 2 aromatic carbocycles. The van der Waals surface area contributed by atoms with Gasteiger partial charge in [-0.15, -0.1) is 0 Å². The van der Waals surface area contributed by atoms with Gasteiger partial charge in [0.1, 0.15) is 5.82 Å². The van der Waals surface area contributed by atoms with Crippen LogP contribution in [0.4, 0.5) is 4.39 Å². The minimum absolute atomic E-state index is 0.0240. The van der Waals surface area contributed by atoms with Crippen LogP contribution in [0, 0.1) is 11.7 Å². The Labute approximate surface area is 211 Å². The molecule has 0 radical (unpaired) electrons. The normalized spacial score (nSPS) is 18.9. The number of carbonyl (C=O) groups is 2. The Morgan fingerprint density at radius 1 is 0.944 bits per heavy atom. The highest BCUT2D eigenvalue weighted by Crippen LogP contribution is 2.32. The number of halogens is 1. The summed E-state index contributed by atoms with van der Waals surface area (Å²) >= 11 is 0. The predicted octanol–water partition coefficient (Wildman–Crippen LogP) is 4.55. The van der Waals surface area contributed by atoms with Crippen LogP contribution < -0.4 is 0 Å². The number of nitrogens with zero attached hydrogens (tertiary/aromatic N) is 4. The molecule has 0 N–H and O–H groups in total.